The third-order valence-electron chi connectivity index (χ3n) is 3.91. The molecule has 0 aromatic heterocycles. The molecule has 1 aliphatic rings. The second kappa shape index (κ2) is 13.6. The normalized spacial score (nSPS) is 16.9. The van der Waals surface area contributed by atoms with Crippen LogP contribution in [0.25, 0.3) is 0 Å². The molecule has 0 saturated heterocycles. The van der Waals surface area contributed by atoms with Crippen molar-refractivity contribution in [2.45, 2.75) is 46.0 Å². The minimum absolute atomic E-state index is 0.729. The zero-order valence-corrected chi connectivity index (χ0v) is 16.0. The predicted molar refractivity (Wildman–Crippen MR) is 105 cm³/mol. The lowest BCUT2D eigenvalue weighted by molar-refractivity contribution is -0.492. The van der Waals surface area contributed by atoms with Gasteiger partial charge in [-0.25, -0.2) is 4.58 Å². The van der Waals surface area contributed by atoms with Gasteiger partial charge in [-0.05, 0) is 44.6 Å². The maximum absolute atomic E-state index is 5.61. The summed E-state index contributed by atoms with van der Waals surface area (Å²) in [5, 5.41) is 0. The van der Waals surface area contributed by atoms with E-state index in [1.165, 1.54) is 36.3 Å². The summed E-state index contributed by atoms with van der Waals surface area (Å²) in [4.78, 5) is 0. The maximum Gasteiger partial charge on any atom is 0.185 e. The van der Waals surface area contributed by atoms with Crippen molar-refractivity contribution in [3.05, 3.63) is 36.0 Å². The van der Waals surface area contributed by atoms with Crippen LogP contribution in [0.1, 0.15) is 46.0 Å². The van der Waals surface area contributed by atoms with Gasteiger partial charge in [-0.2, -0.15) is 0 Å². The summed E-state index contributed by atoms with van der Waals surface area (Å²) < 4.78 is 7.98. The summed E-state index contributed by atoms with van der Waals surface area (Å²) in [6, 6.07) is 0. The highest BCUT2D eigenvalue weighted by atomic mass is 32.2. The summed E-state index contributed by atoms with van der Waals surface area (Å²) in [5.74, 6) is 2.36. The van der Waals surface area contributed by atoms with E-state index in [0.29, 0.717) is 0 Å². The second-order valence-corrected chi connectivity index (χ2v) is 6.98. The lowest BCUT2D eigenvalue weighted by Crippen LogP contribution is -2.25. The molecule has 3 heteroatoms. The number of thioether (sulfide) groups is 1. The standard InChI is InChI=1S/C20H34NOS/c1-4-6-7-8-9-10-11-12-19(17-22-5-2)13-14-20-18-23-16-15-21(20)3/h6-7,12-14H,4-5,8-11,15-18H2,1-3H3/q+1/b7-6+,14-13+,19-12?. The Bertz CT molecular complexity index is 435. The molecule has 0 radical (unpaired) electrons. The molecule has 0 bridgehead atoms. The highest BCUT2D eigenvalue weighted by Crippen LogP contribution is 2.10. The van der Waals surface area contributed by atoms with Crippen molar-refractivity contribution in [3.63, 3.8) is 0 Å². The Balaban J connectivity index is 2.47. The van der Waals surface area contributed by atoms with Gasteiger partial charge in [-0.1, -0.05) is 31.2 Å². The topological polar surface area (TPSA) is 12.2 Å². The van der Waals surface area contributed by atoms with Gasteiger partial charge >= 0.3 is 0 Å². The van der Waals surface area contributed by atoms with E-state index >= 15 is 0 Å². The van der Waals surface area contributed by atoms with E-state index in [1.807, 2.05) is 11.8 Å². The van der Waals surface area contributed by atoms with E-state index in [-0.39, 0.29) is 0 Å². The molecule has 0 aliphatic carbocycles. The van der Waals surface area contributed by atoms with E-state index < -0.39 is 0 Å². The minimum atomic E-state index is 0.729. The van der Waals surface area contributed by atoms with Crippen molar-refractivity contribution in [1.82, 2.24) is 0 Å². The van der Waals surface area contributed by atoms with Gasteiger partial charge in [0.05, 0.1) is 18.1 Å². The molecule has 0 atom stereocenters. The maximum atomic E-state index is 5.61. The molecular formula is C20H34NOS+. The molecule has 0 spiro atoms. The van der Waals surface area contributed by atoms with Crippen LogP contribution >= 0.6 is 11.8 Å². The van der Waals surface area contributed by atoms with Crippen molar-refractivity contribution in [2.75, 3.05) is 38.3 Å². The first-order valence-electron chi connectivity index (χ1n) is 9.02. The van der Waals surface area contributed by atoms with Crippen molar-refractivity contribution >= 4 is 17.5 Å². The molecule has 0 aromatic carbocycles. The SMILES string of the molecule is CC/C=C/CCCCC=C(/C=C/C1=[N+](C)CCSC1)COCC. The number of ether oxygens (including phenoxy) is 1. The van der Waals surface area contributed by atoms with Crippen molar-refractivity contribution in [3.8, 4) is 0 Å². The largest absolute Gasteiger partial charge is 0.377 e. The fourth-order valence-electron chi connectivity index (χ4n) is 2.38. The van der Waals surface area contributed by atoms with Crippen LogP contribution in [0.5, 0.6) is 0 Å². The Morgan fingerprint density at radius 2 is 2.04 bits per heavy atom. The molecule has 2 nitrogen and oxygen atoms in total. The number of hydrogen-bond acceptors (Lipinski definition) is 2. The molecule has 1 rings (SSSR count). The molecule has 1 heterocycles. The predicted octanol–water partition coefficient (Wildman–Crippen LogP) is 4.86. The van der Waals surface area contributed by atoms with E-state index in [9.17, 15) is 0 Å². The molecule has 1 aliphatic heterocycles. The fourth-order valence-corrected chi connectivity index (χ4v) is 3.46. The van der Waals surface area contributed by atoms with Gasteiger partial charge in [0.2, 0.25) is 0 Å². The monoisotopic (exact) mass is 336 g/mol. The molecule has 130 valence electrons. The van der Waals surface area contributed by atoms with Gasteiger partial charge in [0, 0.05) is 12.7 Å². The van der Waals surface area contributed by atoms with Gasteiger partial charge in [0.25, 0.3) is 0 Å². The van der Waals surface area contributed by atoms with Gasteiger partial charge in [-0.15, -0.1) is 11.8 Å². The number of unbranched alkanes of at least 4 members (excludes halogenated alkanes) is 3. The molecule has 23 heavy (non-hydrogen) atoms. The van der Waals surface area contributed by atoms with E-state index in [1.54, 1.807) is 0 Å². The summed E-state index contributed by atoms with van der Waals surface area (Å²) in [7, 11) is 2.19. The van der Waals surface area contributed by atoms with E-state index in [4.69, 9.17) is 4.74 Å². The van der Waals surface area contributed by atoms with Gasteiger partial charge in [0.1, 0.15) is 7.05 Å². The average molecular weight is 337 g/mol. The Labute approximate surface area is 147 Å². The molecule has 0 saturated carbocycles. The third-order valence-corrected chi connectivity index (χ3v) is 4.88. The van der Waals surface area contributed by atoms with Crippen LogP contribution in [-0.4, -0.2) is 48.6 Å². The van der Waals surface area contributed by atoms with Crippen molar-refractivity contribution < 1.29 is 9.31 Å². The smallest absolute Gasteiger partial charge is 0.185 e. The first-order valence-corrected chi connectivity index (χ1v) is 10.2. The molecule has 0 fully saturated rings. The number of allylic oxidation sites excluding steroid dienone is 4. The van der Waals surface area contributed by atoms with E-state index in [0.717, 1.165) is 38.4 Å². The quantitative estimate of drug-likeness (QED) is 0.231. The van der Waals surface area contributed by atoms with E-state index in [2.05, 4.69) is 55.9 Å². The highest BCUT2D eigenvalue weighted by Gasteiger charge is 2.13. The highest BCUT2D eigenvalue weighted by molar-refractivity contribution is 8.00. The lowest BCUT2D eigenvalue weighted by atomic mass is 10.1. The number of rotatable bonds is 11. The molecule has 0 amide bonds. The number of hydrogen-bond donors (Lipinski definition) is 0. The molecule has 0 aromatic rings. The van der Waals surface area contributed by atoms with Crippen LogP contribution < -0.4 is 0 Å². The van der Waals surface area contributed by atoms with Crippen molar-refractivity contribution in [2.24, 2.45) is 0 Å². The Kier molecular flexibility index (Phi) is 12.0. The van der Waals surface area contributed by atoms with Crippen LogP contribution in [0.3, 0.4) is 0 Å². The van der Waals surface area contributed by atoms with Crippen molar-refractivity contribution in [1.29, 1.82) is 0 Å². The van der Waals surface area contributed by atoms with Gasteiger partial charge < -0.3 is 4.74 Å². The Morgan fingerprint density at radius 3 is 2.78 bits per heavy atom. The summed E-state index contributed by atoms with van der Waals surface area (Å²) in [5.41, 5.74) is 2.74. The van der Waals surface area contributed by atoms with Crippen LogP contribution in [0.15, 0.2) is 36.0 Å². The molecule has 0 N–H and O–H groups in total. The first-order chi connectivity index (χ1) is 11.3. The van der Waals surface area contributed by atoms with Crippen LogP contribution in [0.2, 0.25) is 0 Å². The zero-order valence-electron chi connectivity index (χ0n) is 15.2. The number of nitrogens with zero attached hydrogens (tertiary/aromatic N) is 1. The second-order valence-electron chi connectivity index (χ2n) is 5.88. The molecular weight excluding hydrogens is 302 g/mol. The summed E-state index contributed by atoms with van der Waals surface area (Å²) >= 11 is 2.02. The minimum Gasteiger partial charge on any atom is -0.377 e. The Hall–Kier alpha value is -0.800. The zero-order chi connectivity index (χ0) is 16.8. The third kappa shape index (κ3) is 9.83. The van der Waals surface area contributed by atoms with Crippen LogP contribution in [-0.2, 0) is 4.74 Å². The summed E-state index contributed by atoms with van der Waals surface area (Å²) in [6.07, 6.45) is 17.5. The van der Waals surface area contributed by atoms with Crippen LogP contribution in [0.4, 0.5) is 0 Å². The fraction of sp³-hybridized carbons (Fsp3) is 0.650. The first kappa shape index (κ1) is 20.2. The Morgan fingerprint density at radius 1 is 1.22 bits per heavy atom. The summed E-state index contributed by atoms with van der Waals surface area (Å²) in [6.45, 7) is 6.90. The lowest BCUT2D eigenvalue weighted by Gasteiger charge is -2.09. The molecule has 0 unspecified atom stereocenters. The van der Waals surface area contributed by atoms with Gasteiger partial charge in [-0.3, -0.25) is 0 Å². The van der Waals surface area contributed by atoms with Gasteiger partial charge in [0.15, 0.2) is 12.3 Å². The average Bonchev–Trinajstić information content (AvgIpc) is 2.57. The van der Waals surface area contributed by atoms with Crippen LogP contribution in [0, 0.1) is 0 Å².